The number of nitrogens with two attached hydrogens (primary N) is 1. The topological polar surface area (TPSA) is 51.4 Å². The molecule has 2 heterocycles. The molecule has 1 aliphatic heterocycles. The monoisotopic (exact) mass is 279 g/mol. The Balaban J connectivity index is 1.89. The van der Waals surface area contributed by atoms with Crippen molar-refractivity contribution in [1.29, 1.82) is 0 Å². The molecular formula is C14H25N3OSi. The van der Waals surface area contributed by atoms with Gasteiger partial charge in [-0.15, -0.1) is 0 Å². The molecule has 0 aliphatic carbocycles. The lowest BCUT2D eigenvalue weighted by atomic mass is 10.1. The van der Waals surface area contributed by atoms with Crippen molar-refractivity contribution >= 4 is 19.8 Å². The highest BCUT2D eigenvalue weighted by atomic mass is 28.4. The third-order valence-corrected chi connectivity index (χ3v) is 8.79. The van der Waals surface area contributed by atoms with Gasteiger partial charge in [0.1, 0.15) is 5.82 Å². The van der Waals surface area contributed by atoms with Crippen LogP contribution >= 0.6 is 0 Å². The van der Waals surface area contributed by atoms with Gasteiger partial charge in [0.15, 0.2) is 8.32 Å². The van der Waals surface area contributed by atoms with Crippen LogP contribution in [0.2, 0.25) is 18.1 Å². The number of nitrogens with zero attached hydrogens (tertiary/aromatic N) is 2. The third-order valence-electron chi connectivity index (χ3n) is 4.25. The Hall–Kier alpha value is -1.07. The van der Waals surface area contributed by atoms with Crippen LogP contribution in [0.25, 0.3) is 0 Å². The van der Waals surface area contributed by atoms with Crippen LogP contribution in [0.3, 0.4) is 0 Å². The Labute approximate surface area is 117 Å². The lowest BCUT2D eigenvalue weighted by molar-refractivity contribution is 0.149. The first-order chi connectivity index (χ1) is 8.69. The molecule has 1 aliphatic rings. The SMILES string of the molecule is CC(C)(C)[Si](C)(C)OC1CN(c2ccc(N)nc2)C1. The van der Waals surface area contributed by atoms with Crippen molar-refractivity contribution in [2.75, 3.05) is 23.7 Å². The molecule has 1 aromatic heterocycles. The van der Waals surface area contributed by atoms with Crippen LogP contribution in [0.1, 0.15) is 20.8 Å². The summed E-state index contributed by atoms with van der Waals surface area (Å²) in [6, 6.07) is 3.86. The highest BCUT2D eigenvalue weighted by Gasteiger charge is 2.41. The Morgan fingerprint density at radius 3 is 2.42 bits per heavy atom. The van der Waals surface area contributed by atoms with Crippen molar-refractivity contribution < 1.29 is 4.43 Å². The molecule has 19 heavy (non-hydrogen) atoms. The summed E-state index contributed by atoms with van der Waals surface area (Å²) in [4.78, 5) is 6.41. The second-order valence-corrected chi connectivity index (χ2v) is 11.6. The molecule has 0 atom stereocenters. The van der Waals surface area contributed by atoms with E-state index in [9.17, 15) is 0 Å². The molecule has 0 saturated carbocycles. The average molecular weight is 279 g/mol. The number of nitrogen functional groups attached to an aromatic ring is 1. The molecule has 1 aromatic rings. The van der Waals surface area contributed by atoms with Gasteiger partial charge in [-0.25, -0.2) is 4.98 Å². The van der Waals surface area contributed by atoms with Crippen molar-refractivity contribution in [3.8, 4) is 0 Å². The highest BCUT2D eigenvalue weighted by Crippen LogP contribution is 2.38. The second kappa shape index (κ2) is 4.79. The van der Waals surface area contributed by atoms with Crippen molar-refractivity contribution in [1.82, 2.24) is 4.98 Å². The molecule has 1 fully saturated rings. The molecule has 106 valence electrons. The lowest BCUT2D eigenvalue weighted by Crippen LogP contribution is -2.57. The van der Waals surface area contributed by atoms with E-state index in [-0.39, 0.29) is 5.04 Å². The molecule has 2 rings (SSSR count). The average Bonchev–Trinajstić information content (AvgIpc) is 2.23. The minimum atomic E-state index is -1.64. The summed E-state index contributed by atoms with van der Waals surface area (Å²) in [6.07, 6.45) is 2.19. The first kappa shape index (κ1) is 14.3. The zero-order chi connectivity index (χ0) is 14.3. The van der Waals surface area contributed by atoms with Crippen LogP contribution in [0.15, 0.2) is 18.3 Å². The van der Waals surface area contributed by atoms with Crippen molar-refractivity contribution in [3.63, 3.8) is 0 Å². The van der Waals surface area contributed by atoms with E-state index >= 15 is 0 Å². The predicted molar refractivity (Wildman–Crippen MR) is 82.9 cm³/mol. The summed E-state index contributed by atoms with van der Waals surface area (Å²) in [5, 5.41) is 0.274. The molecule has 0 aromatic carbocycles. The Morgan fingerprint density at radius 2 is 1.95 bits per heavy atom. The van der Waals surface area contributed by atoms with Gasteiger partial charge in [-0.3, -0.25) is 0 Å². The molecule has 0 unspecified atom stereocenters. The van der Waals surface area contributed by atoms with Gasteiger partial charge in [0, 0.05) is 13.1 Å². The number of anilines is 2. The molecule has 0 bridgehead atoms. The van der Waals surface area contributed by atoms with Gasteiger partial charge in [-0.05, 0) is 30.3 Å². The maximum Gasteiger partial charge on any atom is 0.192 e. The first-order valence-corrected chi connectivity index (χ1v) is 9.74. The van der Waals surface area contributed by atoms with E-state index in [2.05, 4.69) is 43.7 Å². The van der Waals surface area contributed by atoms with E-state index in [4.69, 9.17) is 10.2 Å². The Morgan fingerprint density at radius 1 is 1.32 bits per heavy atom. The summed E-state index contributed by atoms with van der Waals surface area (Å²) in [6.45, 7) is 13.4. The van der Waals surface area contributed by atoms with Crippen LogP contribution in [0, 0.1) is 0 Å². The molecule has 4 nitrogen and oxygen atoms in total. The summed E-state index contributed by atoms with van der Waals surface area (Å²) in [5.74, 6) is 0.568. The molecule has 0 spiro atoms. The van der Waals surface area contributed by atoms with E-state index < -0.39 is 8.32 Å². The normalized spacial score (nSPS) is 17.4. The van der Waals surface area contributed by atoms with Gasteiger partial charge in [0.05, 0.1) is 18.0 Å². The summed E-state index contributed by atoms with van der Waals surface area (Å²) < 4.78 is 6.37. The van der Waals surface area contributed by atoms with Crippen molar-refractivity contribution in [2.45, 2.75) is 45.0 Å². The van der Waals surface area contributed by atoms with Crippen molar-refractivity contribution in [3.05, 3.63) is 18.3 Å². The standard InChI is InChI=1S/C14H25N3OSi/c1-14(2,3)19(4,5)18-12-9-17(10-12)11-6-7-13(15)16-8-11/h6-8,12H,9-10H2,1-5H3,(H2,15,16). The number of pyridine rings is 1. The van der Waals surface area contributed by atoms with Crippen LogP contribution in [0.5, 0.6) is 0 Å². The van der Waals surface area contributed by atoms with Gasteiger partial charge >= 0.3 is 0 Å². The van der Waals surface area contributed by atoms with Crippen LogP contribution in [0.4, 0.5) is 11.5 Å². The molecule has 0 amide bonds. The van der Waals surface area contributed by atoms with Crippen molar-refractivity contribution in [2.24, 2.45) is 0 Å². The predicted octanol–water partition coefficient (Wildman–Crippen LogP) is 2.87. The molecular weight excluding hydrogens is 254 g/mol. The first-order valence-electron chi connectivity index (χ1n) is 6.83. The van der Waals surface area contributed by atoms with E-state index in [0.717, 1.165) is 18.8 Å². The van der Waals surface area contributed by atoms with Gasteiger partial charge < -0.3 is 15.1 Å². The number of aromatic nitrogens is 1. The fourth-order valence-corrected chi connectivity index (χ4v) is 3.24. The van der Waals surface area contributed by atoms with Gasteiger partial charge in [0.25, 0.3) is 0 Å². The van der Waals surface area contributed by atoms with Crippen LogP contribution in [-0.4, -0.2) is 32.5 Å². The van der Waals surface area contributed by atoms with Gasteiger partial charge in [0.2, 0.25) is 0 Å². The fourth-order valence-electron chi connectivity index (χ4n) is 1.90. The molecule has 5 heteroatoms. The molecule has 1 saturated heterocycles. The summed E-state index contributed by atoms with van der Waals surface area (Å²) in [7, 11) is -1.64. The second-order valence-electron chi connectivity index (χ2n) is 6.85. The number of hydrogen-bond acceptors (Lipinski definition) is 4. The third kappa shape index (κ3) is 3.09. The summed E-state index contributed by atoms with van der Waals surface area (Å²) in [5.41, 5.74) is 6.72. The number of hydrogen-bond donors (Lipinski definition) is 1. The van der Waals surface area contributed by atoms with Gasteiger partial charge in [-0.1, -0.05) is 20.8 Å². The van der Waals surface area contributed by atoms with Crippen LogP contribution in [-0.2, 0) is 4.43 Å². The maximum absolute atomic E-state index is 6.37. The molecule has 2 N–H and O–H groups in total. The fraction of sp³-hybridized carbons (Fsp3) is 0.643. The Kier molecular flexibility index (Phi) is 3.62. The zero-order valence-electron chi connectivity index (χ0n) is 12.6. The van der Waals surface area contributed by atoms with Crippen LogP contribution < -0.4 is 10.6 Å². The van der Waals surface area contributed by atoms with E-state index in [1.54, 1.807) is 0 Å². The highest BCUT2D eigenvalue weighted by molar-refractivity contribution is 6.74. The Bertz CT molecular complexity index is 433. The minimum absolute atomic E-state index is 0.274. The van der Waals surface area contributed by atoms with E-state index in [1.165, 1.54) is 0 Å². The van der Waals surface area contributed by atoms with Gasteiger partial charge in [-0.2, -0.15) is 0 Å². The smallest absolute Gasteiger partial charge is 0.192 e. The molecule has 0 radical (unpaired) electrons. The van der Waals surface area contributed by atoms with E-state index in [1.807, 2.05) is 18.3 Å². The summed E-state index contributed by atoms with van der Waals surface area (Å²) >= 11 is 0. The zero-order valence-corrected chi connectivity index (χ0v) is 13.6. The lowest BCUT2D eigenvalue weighted by Gasteiger charge is -2.47. The quantitative estimate of drug-likeness (QED) is 0.864. The van der Waals surface area contributed by atoms with E-state index in [0.29, 0.717) is 11.9 Å². The minimum Gasteiger partial charge on any atom is -0.410 e. The largest absolute Gasteiger partial charge is 0.410 e. The maximum atomic E-state index is 6.37. The number of rotatable bonds is 3.